The van der Waals surface area contributed by atoms with Gasteiger partial charge in [-0.25, -0.2) is 0 Å². The first-order valence-electron chi connectivity index (χ1n) is 7.22. The topological polar surface area (TPSA) is 38.3 Å². The van der Waals surface area contributed by atoms with Crippen molar-refractivity contribution in [2.45, 2.75) is 24.8 Å². The zero-order valence-corrected chi connectivity index (χ0v) is 13.9. The van der Waals surface area contributed by atoms with Crippen LogP contribution >= 0.6 is 11.8 Å². The molecule has 0 aliphatic heterocycles. The molecule has 2 aromatic carbocycles. The molecule has 0 saturated carbocycles. The summed E-state index contributed by atoms with van der Waals surface area (Å²) in [6, 6.07) is 15.7. The molecule has 1 amide bonds. The van der Waals surface area contributed by atoms with E-state index in [2.05, 4.69) is 18.3 Å². The van der Waals surface area contributed by atoms with Gasteiger partial charge in [-0.1, -0.05) is 36.4 Å². The Hall–Kier alpha value is -1.94. The van der Waals surface area contributed by atoms with Crippen LogP contribution in [0.2, 0.25) is 0 Å². The lowest BCUT2D eigenvalue weighted by Gasteiger charge is -2.17. The molecule has 0 saturated heterocycles. The quantitative estimate of drug-likeness (QED) is 0.820. The van der Waals surface area contributed by atoms with Gasteiger partial charge in [-0.05, 0) is 31.5 Å². The third-order valence-electron chi connectivity index (χ3n) is 3.44. The van der Waals surface area contributed by atoms with E-state index in [-0.39, 0.29) is 11.9 Å². The van der Waals surface area contributed by atoms with Crippen LogP contribution in [0.4, 0.5) is 0 Å². The summed E-state index contributed by atoms with van der Waals surface area (Å²) in [6.45, 7) is 4.02. The highest BCUT2D eigenvalue weighted by Crippen LogP contribution is 2.25. The Morgan fingerprint density at radius 3 is 2.59 bits per heavy atom. The fourth-order valence-corrected chi connectivity index (χ4v) is 3.09. The van der Waals surface area contributed by atoms with Crippen LogP contribution in [0.15, 0.2) is 53.4 Å². The molecule has 0 heterocycles. The summed E-state index contributed by atoms with van der Waals surface area (Å²) in [4.78, 5) is 13.3. The standard InChI is InChI=1S/C18H21NO2S/c1-13-8-4-7-11-17(13)22-12-18(20)19-14(2)15-9-5-6-10-16(15)21-3/h4-11,14H,12H2,1-3H3,(H,19,20). The van der Waals surface area contributed by atoms with Crippen LogP contribution in [0.5, 0.6) is 5.75 Å². The van der Waals surface area contributed by atoms with Crippen LogP contribution < -0.4 is 10.1 Å². The minimum atomic E-state index is -0.0823. The maximum absolute atomic E-state index is 12.1. The van der Waals surface area contributed by atoms with Gasteiger partial charge in [0.15, 0.2) is 0 Å². The van der Waals surface area contributed by atoms with Crippen LogP contribution in [-0.4, -0.2) is 18.8 Å². The molecular formula is C18H21NO2S. The van der Waals surface area contributed by atoms with Crippen molar-refractivity contribution < 1.29 is 9.53 Å². The Balaban J connectivity index is 1.93. The lowest BCUT2D eigenvalue weighted by molar-refractivity contribution is -0.119. The molecule has 0 spiro atoms. The molecule has 2 aromatic rings. The van der Waals surface area contributed by atoms with Crippen molar-refractivity contribution in [3.8, 4) is 5.75 Å². The Morgan fingerprint density at radius 1 is 1.18 bits per heavy atom. The molecule has 0 aliphatic rings. The Morgan fingerprint density at radius 2 is 1.86 bits per heavy atom. The number of hydrogen-bond acceptors (Lipinski definition) is 3. The fourth-order valence-electron chi connectivity index (χ4n) is 2.25. The predicted octanol–water partition coefficient (Wildman–Crippen LogP) is 3.97. The molecule has 22 heavy (non-hydrogen) atoms. The molecule has 0 radical (unpaired) electrons. The summed E-state index contributed by atoms with van der Waals surface area (Å²) in [5, 5.41) is 3.02. The van der Waals surface area contributed by atoms with E-state index in [1.165, 1.54) is 5.56 Å². The van der Waals surface area contributed by atoms with E-state index in [1.54, 1.807) is 18.9 Å². The van der Waals surface area contributed by atoms with Crippen molar-refractivity contribution >= 4 is 17.7 Å². The highest BCUT2D eigenvalue weighted by Gasteiger charge is 2.13. The third-order valence-corrected chi connectivity index (χ3v) is 4.61. The number of hydrogen-bond donors (Lipinski definition) is 1. The minimum absolute atomic E-state index is 0.0201. The zero-order valence-electron chi connectivity index (χ0n) is 13.1. The summed E-state index contributed by atoms with van der Waals surface area (Å²) in [7, 11) is 1.64. The van der Waals surface area contributed by atoms with E-state index in [4.69, 9.17) is 4.74 Å². The number of ether oxygens (including phenoxy) is 1. The molecule has 0 fully saturated rings. The normalized spacial score (nSPS) is 11.8. The van der Waals surface area contributed by atoms with Gasteiger partial charge >= 0.3 is 0 Å². The average molecular weight is 315 g/mol. The van der Waals surface area contributed by atoms with Crippen LogP contribution in [0.25, 0.3) is 0 Å². The molecule has 1 atom stereocenters. The fraction of sp³-hybridized carbons (Fsp3) is 0.278. The first-order valence-corrected chi connectivity index (χ1v) is 8.21. The average Bonchev–Trinajstić information content (AvgIpc) is 2.54. The molecule has 1 unspecified atom stereocenters. The minimum Gasteiger partial charge on any atom is -0.496 e. The number of carbonyl (C=O) groups is 1. The number of methoxy groups -OCH3 is 1. The number of rotatable bonds is 6. The van der Waals surface area contributed by atoms with Gasteiger partial charge in [0.2, 0.25) is 5.91 Å². The summed E-state index contributed by atoms with van der Waals surface area (Å²) < 4.78 is 5.34. The second-order valence-electron chi connectivity index (χ2n) is 5.09. The lowest BCUT2D eigenvalue weighted by atomic mass is 10.1. The number of aryl methyl sites for hydroxylation is 1. The van der Waals surface area contributed by atoms with Crippen molar-refractivity contribution in [1.82, 2.24) is 5.32 Å². The van der Waals surface area contributed by atoms with E-state index >= 15 is 0 Å². The van der Waals surface area contributed by atoms with Crippen molar-refractivity contribution in [3.63, 3.8) is 0 Å². The number of benzene rings is 2. The Bertz CT molecular complexity index is 642. The smallest absolute Gasteiger partial charge is 0.230 e. The van der Waals surface area contributed by atoms with Gasteiger partial charge in [0.1, 0.15) is 5.75 Å². The van der Waals surface area contributed by atoms with Gasteiger partial charge in [0.05, 0.1) is 18.9 Å². The molecular weight excluding hydrogens is 294 g/mol. The molecule has 0 bridgehead atoms. The SMILES string of the molecule is COc1ccccc1C(C)NC(=O)CSc1ccccc1C. The molecule has 0 aliphatic carbocycles. The van der Waals surface area contributed by atoms with Gasteiger partial charge in [0, 0.05) is 10.5 Å². The highest BCUT2D eigenvalue weighted by molar-refractivity contribution is 8.00. The van der Waals surface area contributed by atoms with Crippen molar-refractivity contribution in [2.75, 3.05) is 12.9 Å². The maximum Gasteiger partial charge on any atom is 0.230 e. The van der Waals surface area contributed by atoms with Crippen LogP contribution in [0, 0.1) is 6.92 Å². The molecule has 1 N–H and O–H groups in total. The largest absolute Gasteiger partial charge is 0.496 e. The lowest BCUT2D eigenvalue weighted by Crippen LogP contribution is -2.28. The number of thioether (sulfide) groups is 1. The summed E-state index contributed by atoms with van der Waals surface area (Å²) in [5.74, 6) is 1.22. The van der Waals surface area contributed by atoms with E-state index in [9.17, 15) is 4.79 Å². The van der Waals surface area contributed by atoms with Crippen LogP contribution in [0.1, 0.15) is 24.1 Å². The number of carbonyl (C=O) groups excluding carboxylic acids is 1. The highest BCUT2D eigenvalue weighted by atomic mass is 32.2. The van der Waals surface area contributed by atoms with Crippen LogP contribution in [-0.2, 0) is 4.79 Å². The molecule has 116 valence electrons. The van der Waals surface area contributed by atoms with Gasteiger partial charge in [0.25, 0.3) is 0 Å². The van der Waals surface area contributed by atoms with Gasteiger partial charge in [-0.15, -0.1) is 11.8 Å². The number of para-hydroxylation sites is 1. The number of amides is 1. The van der Waals surface area contributed by atoms with E-state index in [0.29, 0.717) is 5.75 Å². The second-order valence-corrected chi connectivity index (χ2v) is 6.10. The summed E-state index contributed by atoms with van der Waals surface area (Å²) in [6.07, 6.45) is 0. The molecule has 3 nitrogen and oxygen atoms in total. The maximum atomic E-state index is 12.1. The van der Waals surface area contributed by atoms with E-state index < -0.39 is 0 Å². The second kappa shape index (κ2) is 7.90. The van der Waals surface area contributed by atoms with Gasteiger partial charge < -0.3 is 10.1 Å². The van der Waals surface area contributed by atoms with Crippen molar-refractivity contribution in [3.05, 3.63) is 59.7 Å². The van der Waals surface area contributed by atoms with Gasteiger partial charge in [-0.2, -0.15) is 0 Å². The Labute approximate surface area is 136 Å². The predicted molar refractivity (Wildman–Crippen MR) is 91.5 cm³/mol. The first-order chi connectivity index (χ1) is 10.6. The molecule has 2 rings (SSSR count). The molecule has 4 heteroatoms. The van der Waals surface area contributed by atoms with Crippen molar-refractivity contribution in [1.29, 1.82) is 0 Å². The monoisotopic (exact) mass is 315 g/mol. The third kappa shape index (κ3) is 4.28. The molecule has 0 aromatic heterocycles. The van der Waals surface area contributed by atoms with Crippen molar-refractivity contribution in [2.24, 2.45) is 0 Å². The van der Waals surface area contributed by atoms with E-state index in [0.717, 1.165) is 16.2 Å². The first kappa shape index (κ1) is 16.4. The Kier molecular flexibility index (Phi) is 5.90. The van der Waals surface area contributed by atoms with Gasteiger partial charge in [-0.3, -0.25) is 4.79 Å². The van der Waals surface area contributed by atoms with Crippen LogP contribution in [0.3, 0.4) is 0 Å². The van der Waals surface area contributed by atoms with E-state index in [1.807, 2.05) is 49.4 Å². The number of nitrogens with one attached hydrogen (secondary N) is 1. The summed E-state index contributed by atoms with van der Waals surface area (Å²) in [5.41, 5.74) is 2.18. The summed E-state index contributed by atoms with van der Waals surface area (Å²) >= 11 is 1.56. The zero-order chi connectivity index (χ0) is 15.9.